The summed E-state index contributed by atoms with van der Waals surface area (Å²) in [6, 6.07) is 21.2. The SMILES string of the molecule is CCCOc1ccc(-c2cccc(OCC3CC3)c2)cc1C(=O)NC(CO)Cc1c[nH]c2ccccc12. The number of aromatic nitrogens is 1. The third-order valence-electron chi connectivity index (χ3n) is 6.73. The lowest BCUT2D eigenvalue weighted by Gasteiger charge is -2.18. The Labute approximate surface area is 217 Å². The van der Waals surface area contributed by atoms with Crippen LogP contribution in [0.1, 0.15) is 42.1 Å². The molecule has 6 nitrogen and oxygen atoms in total. The van der Waals surface area contributed by atoms with Gasteiger partial charge in [-0.05, 0) is 78.6 Å². The third-order valence-corrected chi connectivity index (χ3v) is 6.73. The van der Waals surface area contributed by atoms with Crippen molar-refractivity contribution < 1.29 is 19.4 Å². The second kappa shape index (κ2) is 11.5. The van der Waals surface area contributed by atoms with Gasteiger partial charge in [0, 0.05) is 17.1 Å². The number of aromatic amines is 1. The Bertz CT molecular complexity index is 1360. The van der Waals surface area contributed by atoms with Gasteiger partial charge in [-0.15, -0.1) is 0 Å². The van der Waals surface area contributed by atoms with E-state index < -0.39 is 6.04 Å². The topological polar surface area (TPSA) is 83.6 Å². The summed E-state index contributed by atoms with van der Waals surface area (Å²) in [6.45, 7) is 3.13. The molecule has 192 valence electrons. The molecule has 0 spiro atoms. The molecule has 37 heavy (non-hydrogen) atoms. The molecule has 0 bridgehead atoms. The Balaban J connectivity index is 1.37. The first-order valence-corrected chi connectivity index (χ1v) is 13.1. The van der Waals surface area contributed by atoms with Crippen LogP contribution >= 0.6 is 0 Å². The summed E-state index contributed by atoms with van der Waals surface area (Å²) in [5.74, 6) is 1.78. The van der Waals surface area contributed by atoms with Crippen LogP contribution in [0.2, 0.25) is 0 Å². The lowest BCUT2D eigenvalue weighted by atomic mass is 10.0. The smallest absolute Gasteiger partial charge is 0.255 e. The molecule has 1 aliphatic carbocycles. The predicted octanol–water partition coefficient (Wildman–Crippen LogP) is 5.75. The average Bonchev–Trinajstić information content (AvgIpc) is 3.69. The van der Waals surface area contributed by atoms with Gasteiger partial charge in [-0.3, -0.25) is 4.79 Å². The van der Waals surface area contributed by atoms with Gasteiger partial charge in [0.2, 0.25) is 0 Å². The molecule has 3 aromatic carbocycles. The van der Waals surface area contributed by atoms with Crippen molar-refractivity contribution in [2.24, 2.45) is 5.92 Å². The summed E-state index contributed by atoms with van der Waals surface area (Å²) in [5, 5.41) is 14.2. The summed E-state index contributed by atoms with van der Waals surface area (Å²) in [5.41, 5.74) is 4.42. The van der Waals surface area contributed by atoms with E-state index in [1.807, 2.05) is 79.9 Å². The molecule has 1 atom stereocenters. The second-order valence-electron chi connectivity index (χ2n) is 9.76. The van der Waals surface area contributed by atoms with Gasteiger partial charge in [-0.2, -0.15) is 0 Å². The molecular formula is C31H34N2O4. The molecule has 6 heteroatoms. The maximum atomic E-state index is 13.5. The van der Waals surface area contributed by atoms with Crippen LogP contribution in [0.3, 0.4) is 0 Å². The molecule has 1 saturated carbocycles. The zero-order valence-corrected chi connectivity index (χ0v) is 21.2. The summed E-state index contributed by atoms with van der Waals surface area (Å²) in [6.07, 6.45) is 5.77. The number of nitrogens with one attached hydrogen (secondary N) is 2. The van der Waals surface area contributed by atoms with Crippen LogP contribution in [0.25, 0.3) is 22.0 Å². The van der Waals surface area contributed by atoms with Crippen molar-refractivity contribution in [3.8, 4) is 22.6 Å². The molecule has 1 amide bonds. The van der Waals surface area contributed by atoms with E-state index in [4.69, 9.17) is 9.47 Å². The van der Waals surface area contributed by atoms with Gasteiger partial charge in [-0.1, -0.05) is 43.3 Å². The van der Waals surface area contributed by atoms with Crippen molar-refractivity contribution in [2.75, 3.05) is 19.8 Å². The minimum atomic E-state index is -0.437. The van der Waals surface area contributed by atoms with E-state index in [2.05, 4.69) is 10.3 Å². The molecule has 1 unspecified atom stereocenters. The van der Waals surface area contributed by atoms with Crippen molar-refractivity contribution in [2.45, 2.75) is 38.6 Å². The maximum absolute atomic E-state index is 13.5. The van der Waals surface area contributed by atoms with E-state index in [-0.39, 0.29) is 12.5 Å². The number of aliphatic hydroxyl groups is 1. The van der Waals surface area contributed by atoms with Gasteiger partial charge >= 0.3 is 0 Å². The number of fused-ring (bicyclic) bond motifs is 1. The number of carbonyl (C=O) groups excluding carboxylic acids is 1. The summed E-state index contributed by atoms with van der Waals surface area (Å²) in [4.78, 5) is 16.7. The van der Waals surface area contributed by atoms with Crippen molar-refractivity contribution in [1.82, 2.24) is 10.3 Å². The fraction of sp³-hybridized carbons (Fsp3) is 0.323. The van der Waals surface area contributed by atoms with Crippen LogP contribution < -0.4 is 14.8 Å². The Hall–Kier alpha value is -3.77. The molecular weight excluding hydrogens is 464 g/mol. The summed E-state index contributed by atoms with van der Waals surface area (Å²) in [7, 11) is 0. The van der Waals surface area contributed by atoms with Gasteiger partial charge in [0.25, 0.3) is 5.91 Å². The third kappa shape index (κ3) is 6.15. The highest BCUT2D eigenvalue weighted by atomic mass is 16.5. The highest BCUT2D eigenvalue weighted by Crippen LogP contribution is 2.32. The molecule has 5 rings (SSSR count). The van der Waals surface area contributed by atoms with E-state index in [1.54, 1.807) is 0 Å². The minimum absolute atomic E-state index is 0.170. The van der Waals surface area contributed by atoms with Gasteiger partial charge in [0.1, 0.15) is 11.5 Å². The van der Waals surface area contributed by atoms with Crippen molar-refractivity contribution in [3.63, 3.8) is 0 Å². The fourth-order valence-electron chi connectivity index (χ4n) is 4.48. The molecule has 0 aliphatic heterocycles. The van der Waals surface area contributed by atoms with Crippen LogP contribution in [0.4, 0.5) is 0 Å². The lowest BCUT2D eigenvalue weighted by molar-refractivity contribution is 0.0912. The van der Waals surface area contributed by atoms with Crippen LogP contribution in [0.15, 0.2) is 72.9 Å². The van der Waals surface area contributed by atoms with E-state index in [0.29, 0.717) is 30.3 Å². The van der Waals surface area contributed by atoms with Gasteiger partial charge < -0.3 is 24.9 Å². The molecule has 1 heterocycles. The Morgan fingerprint density at radius 3 is 2.70 bits per heavy atom. The van der Waals surface area contributed by atoms with Gasteiger partial charge in [-0.25, -0.2) is 0 Å². The number of amides is 1. The standard InChI is InChI=1S/C31H34N2O4/c1-2-14-36-30-13-12-23(22-6-5-7-26(16-22)37-20-21-10-11-21)17-28(30)31(35)33-25(19-34)15-24-18-32-29-9-4-3-8-27(24)29/h3-9,12-13,16-18,21,25,32,34H,2,10-11,14-15,19-20H2,1H3,(H,33,35). The van der Waals surface area contributed by atoms with Gasteiger partial charge in [0.15, 0.2) is 0 Å². The molecule has 1 fully saturated rings. The number of hydrogen-bond donors (Lipinski definition) is 3. The molecule has 0 saturated heterocycles. The average molecular weight is 499 g/mol. The normalized spacial score (nSPS) is 13.9. The molecule has 4 aromatic rings. The number of hydrogen-bond acceptors (Lipinski definition) is 4. The number of rotatable bonds is 12. The number of ether oxygens (including phenoxy) is 2. The number of para-hydroxylation sites is 1. The second-order valence-corrected chi connectivity index (χ2v) is 9.76. The Morgan fingerprint density at radius 1 is 1.05 bits per heavy atom. The van der Waals surface area contributed by atoms with Crippen LogP contribution in [-0.4, -0.2) is 41.9 Å². The van der Waals surface area contributed by atoms with Crippen LogP contribution in [-0.2, 0) is 6.42 Å². The first-order valence-electron chi connectivity index (χ1n) is 13.1. The quantitative estimate of drug-likeness (QED) is 0.232. The highest BCUT2D eigenvalue weighted by Gasteiger charge is 2.22. The van der Waals surface area contributed by atoms with E-state index in [9.17, 15) is 9.90 Å². The monoisotopic (exact) mass is 498 g/mol. The molecule has 1 aromatic heterocycles. The summed E-state index contributed by atoms with van der Waals surface area (Å²) < 4.78 is 11.9. The number of carbonyl (C=O) groups is 1. The molecule has 1 aliphatic rings. The Kier molecular flexibility index (Phi) is 7.76. The zero-order chi connectivity index (χ0) is 25.6. The lowest BCUT2D eigenvalue weighted by Crippen LogP contribution is -2.39. The van der Waals surface area contributed by atoms with Crippen molar-refractivity contribution in [1.29, 1.82) is 0 Å². The molecule has 3 N–H and O–H groups in total. The van der Waals surface area contributed by atoms with E-state index in [1.165, 1.54) is 12.8 Å². The maximum Gasteiger partial charge on any atom is 0.255 e. The van der Waals surface area contributed by atoms with Crippen LogP contribution in [0, 0.1) is 5.92 Å². The molecule has 0 radical (unpaired) electrons. The van der Waals surface area contributed by atoms with E-state index in [0.717, 1.165) is 46.4 Å². The number of H-pyrrole nitrogens is 1. The van der Waals surface area contributed by atoms with E-state index >= 15 is 0 Å². The number of benzene rings is 3. The largest absolute Gasteiger partial charge is 0.493 e. The first kappa shape index (κ1) is 24.9. The first-order chi connectivity index (χ1) is 18.1. The number of aliphatic hydroxyl groups excluding tert-OH is 1. The van der Waals surface area contributed by atoms with Crippen molar-refractivity contribution >= 4 is 16.8 Å². The summed E-state index contributed by atoms with van der Waals surface area (Å²) >= 11 is 0. The minimum Gasteiger partial charge on any atom is -0.493 e. The Morgan fingerprint density at radius 2 is 1.89 bits per heavy atom. The predicted molar refractivity (Wildman–Crippen MR) is 146 cm³/mol. The van der Waals surface area contributed by atoms with Crippen molar-refractivity contribution in [3.05, 3.63) is 84.1 Å². The fourth-order valence-corrected chi connectivity index (χ4v) is 4.48. The zero-order valence-electron chi connectivity index (χ0n) is 21.2. The van der Waals surface area contributed by atoms with Crippen LogP contribution in [0.5, 0.6) is 11.5 Å². The highest BCUT2D eigenvalue weighted by molar-refractivity contribution is 5.98. The van der Waals surface area contributed by atoms with Gasteiger partial charge in [0.05, 0.1) is 31.4 Å².